The zero-order valence-electron chi connectivity index (χ0n) is 17.8. The van der Waals surface area contributed by atoms with Crippen LogP contribution in [0.1, 0.15) is 18.4 Å². The van der Waals surface area contributed by atoms with Crippen molar-refractivity contribution in [3.05, 3.63) is 54.4 Å². The number of anilines is 1. The summed E-state index contributed by atoms with van der Waals surface area (Å²) in [7, 11) is 0.315. The van der Waals surface area contributed by atoms with Crippen molar-refractivity contribution < 1.29 is 18.3 Å². The van der Waals surface area contributed by atoms with Gasteiger partial charge in [0.2, 0.25) is 0 Å². The molecule has 166 valence electrons. The van der Waals surface area contributed by atoms with Crippen LogP contribution < -0.4 is 4.90 Å². The number of likely N-dealkylation sites (N-methyl/N-ethyl adjacent to an activating group) is 1. The molecule has 0 radical (unpaired) electrons. The van der Waals surface area contributed by atoms with Crippen molar-refractivity contribution in [2.45, 2.75) is 24.2 Å². The molecule has 0 atom stereocenters. The van der Waals surface area contributed by atoms with Gasteiger partial charge in [-0.25, -0.2) is 12.4 Å². The molecule has 0 saturated carbocycles. The van der Waals surface area contributed by atoms with Crippen LogP contribution in [0.3, 0.4) is 0 Å². The molecule has 0 spiro atoms. The Morgan fingerprint density at radius 3 is 2.55 bits per heavy atom. The van der Waals surface area contributed by atoms with Gasteiger partial charge < -0.3 is 14.9 Å². The molecule has 3 aromatic rings. The van der Waals surface area contributed by atoms with Crippen LogP contribution in [0.4, 0.5) is 5.69 Å². The molecule has 1 aliphatic heterocycles. The van der Waals surface area contributed by atoms with E-state index < -0.39 is 10.0 Å². The first-order valence-corrected chi connectivity index (χ1v) is 11.6. The van der Waals surface area contributed by atoms with Gasteiger partial charge in [-0.15, -0.1) is 0 Å². The average Bonchev–Trinajstić information content (AvgIpc) is 3.42. The van der Waals surface area contributed by atoms with Crippen molar-refractivity contribution in [2.24, 2.45) is 0 Å². The summed E-state index contributed by atoms with van der Waals surface area (Å²) in [6.07, 6.45) is 6.50. The monoisotopic (exact) mass is 444 g/mol. The van der Waals surface area contributed by atoms with E-state index in [1.165, 1.54) is 3.97 Å². The van der Waals surface area contributed by atoms with Crippen LogP contribution in [0, 0.1) is 0 Å². The Morgan fingerprint density at radius 1 is 1.16 bits per heavy atom. The summed E-state index contributed by atoms with van der Waals surface area (Å²) < 4.78 is 28.3. The minimum absolute atomic E-state index is 0.250. The second-order valence-corrected chi connectivity index (χ2v) is 9.49. The lowest BCUT2D eigenvalue weighted by molar-refractivity contribution is -0.122. The van der Waals surface area contributed by atoms with Gasteiger partial charge >= 0.3 is 0 Å². The van der Waals surface area contributed by atoms with Crippen LogP contribution in [0.15, 0.2) is 53.7 Å². The average molecular weight is 445 g/mol. The number of aromatic nitrogens is 2. The van der Waals surface area contributed by atoms with Crippen molar-refractivity contribution in [3.8, 4) is 0 Å². The van der Waals surface area contributed by atoms with E-state index in [9.17, 15) is 8.42 Å². The van der Waals surface area contributed by atoms with E-state index in [1.54, 1.807) is 30.6 Å². The standard InChI is InChI=1S/C21H26N4O2S.CH2O2/c1-23(2)14-10-17-16-25(20-9-6-11-22-21(17)20)28(26,27)19-8-5-7-18(15-19)24-12-3-4-13-24;2-1-3/h5-9,11,15-16H,3-4,10,12-14H2,1-2H3;1H,(H,2,3). The van der Waals surface area contributed by atoms with E-state index in [1.807, 2.05) is 32.3 Å². The van der Waals surface area contributed by atoms with Gasteiger partial charge in [0.05, 0.1) is 15.9 Å². The first-order chi connectivity index (χ1) is 14.9. The fraction of sp³-hybridized carbons (Fsp3) is 0.364. The fourth-order valence-electron chi connectivity index (χ4n) is 3.75. The smallest absolute Gasteiger partial charge is 0.290 e. The quantitative estimate of drug-likeness (QED) is 0.584. The normalized spacial score (nSPS) is 14.0. The molecule has 0 bridgehead atoms. The molecule has 1 saturated heterocycles. The third kappa shape index (κ3) is 5.05. The zero-order chi connectivity index (χ0) is 22.4. The van der Waals surface area contributed by atoms with Crippen LogP contribution in [-0.2, 0) is 21.2 Å². The lowest BCUT2D eigenvalue weighted by Crippen LogP contribution is -2.18. The third-order valence-electron chi connectivity index (χ3n) is 5.28. The number of fused-ring (bicyclic) bond motifs is 1. The Kier molecular flexibility index (Phi) is 7.29. The molecule has 9 heteroatoms. The van der Waals surface area contributed by atoms with E-state index in [2.05, 4.69) is 14.8 Å². The Balaban J connectivity index is 0.000000858. The van der Waals surface area contributed by atoms with Gasteiger partial charge in [0.15, 0.2) is 0 Å². The molecule has 3 heterocycles. The van der Waals surface area contributed by atoms with Gasteiger partial charge in [-0.2, -0.15) is 0 Å². The van der Waals surface area contributed by atoms with E-state index in [0.29, 0.717) is 10.4 Å². The predicted molar refractivity (Wildman–Crippen MR) is 121 cm³/mol. The molecular formula is C22H28N4O4S. The van der Waals surface area contributed by atoms with Crippen molar-refractivity contribution in [1.29, 1.82) is 0 Å². The van der Waals surface area contributed by atoms with E-state index in [-0.39, 0.29) is 6.47 Å². The molecule has 1 aromatic carbocycles. The number of carboxylic acid groups (broad SMARTS) is 1. The van der Waals surface area contributed by atoms with Crippen molar-refractivity contribution in [2.75, 3.05) is 38.6 Å². The maximum absolute atomic E-state index is 13.5. The summed E-state index contributed by atoms with van der Waals surface area (Å²) in [4.78, 5) is 17.5. The van der Waals surface area contributed by atoms with Gasteiger partial charge in [0.25, 0.3) is 16.5 Å². The molecule has 0 amide bonds. The van der Waals surface area contributed by atoms with Gasteiger partial charge in [-0.3, -0.25) is 9.78 Å². The molecule has 0 unspecified atom stereocenters. The van der Waals surface area contributed by atoms with E-state index in [0.717, 1.165) is 55.7 Å². The van der Waals surface area contributed by atoms with E-state index >= 15 is 0 Å². The van der Waals surface area contributed by atoms with Gasteiger partial charge in [0.1, 0.15) is 0 Å². The number of pyridine rings is 1. The molecule has 1 N–H and O–H groups in total. The van der Waals surface area contributed by atoms with Gasteiger partial charge in [-0.1, -0.05) is 6.07 Å². The first-order valence-electron chi connectivity index (χ1n) is 10.2. The maximum atomic E-state index is 13.5. The summed E-state index contributed by atoms with van der Waals surface area (Å²) in [6, 6.07) is 10.9. The van der Waals surface area contributed by atoms with Crippen LogP contribution in [0.2, 0.25) is 0 Å². The highest BCUT2D eigenvalue weighted by molar-refractivity contribution is 7.90. The molecule has 2 aromatic heterocycles. The number of hydrogen-bond acceptors (Lipinski definition) is 6. The fourth-order valence-corrected chi connectivity index (χ4v) is 5.17. The second kappa shape index (κ2) is 9.93. The zero-order valence-corrected chi connectivity index (χ0v) is 18.6. The molecule has 0 aliphatic carbocycles. The Labute approximate surface area is 182 Å². The predicted octanol–water partition coefficient (Wildman–Crippen LogP) is 2.68. The van der Waals surface area contributed by atoms with Crippen LogP contribution in [-0.4, -0.2) is 67.6 Å². The maximum Gasteiger partial charge on any atom is 0.290 e. The highest BCUT2D eigenvalue weighted by Crippen LogP contribution is 2.28. The lowest BCUT2D eigenvalue weighted by atomic mass is 10.2. The number of hydrogen-bond donors (Lipinski definition) is 1. The largest absolute Gasteiger partial charge is 0.483 e. The molecule has 1 fully saturated rings. The van der Waals surface area contributed by atoms with Gasteiger partial charge in [-0.05, 0) is 69.3 Å². The van der Waals surface area contributed by atoms with Crippen LogP contribution in [0.5, 0.6) is 0 Å². The molecular weight excluding hydrogens is 416 g/mol. The summed E-state index contributed by atoms with van der Waals surface area (Å²) >= 11 is 0. The minimum Gasteiger partial charge on any atom is -0.483 e. The summed E-state index contributed by atoms with van der Waals surface area (Å²) in [6.45, 7) is 2.54. The molecule has 1 aliphatic rings. The van der Waals surface area contributed by atoms with Gasteiger partial charge in [0, 0.05) is 37.7 Å². The number of rotatable bonds is 6. The number of nitrogens with zero attached hydrogens (tertiary/aromatic N) is 4. The molecule has 31 heavy (non-hydrogen) atoms. The Bertz CT molecular complexity index is 1140. The Hall–Kier alpha value is -2.91. The number of carbonyl (C=O) groups is 1. The highest BCUT2D eigenvalue weighted by atomic mass is 32.2. The van der Waals surface area contributed by atoms with Crippen molar-refractivity contribution in [1.82, 2.24) is 13.9 Å². The lowest BCUT2D eigenvalue weighted by Gasteiger charge is -2.18. The van der Waals surface area contributed by atoms with Crippen LogP contribution >= 0.6 is 0 Å². The summed E-state index contributed by atoms with van der Waals surface area (Å²) in [5, 5.41) is 6.89. The molecule has 4 rings (SSSR count). The SMILES string of the molecule is CN(C)CCc1cn(S(=O)(=O)c2cccc(N3CCCC3)c2)c2cccnc12.O=CO. The second-order valence-electron chi connectivity index (χ2n) is 7.68. The highest BCUT2D eigenvalue weighted by Gasteiger charge is 2.23. The number of benzene rings is 1. The first kappa shape index (κ1) is 22.8. The van der Waals surface area contributed by atoms with E-state index in [4.69, 9.17) is 9.90 Å². The third-order valence-corrected chi connectivity index (χ3v) is 6.94. The van der Waals surface area contributed by atoms with Crippen molar-refractivity contribution >= 4 is 33.2 Å². The summed E-state index contributed by atoms with van der Waals surface area (Å²) in [5.74, 6) is 0. The Morgan fingerprint density at radius 2 is 1.87 bits per heavy atom. The summed E-state index contributed by atoms with van der Waals surface area (Å²) in [5.41, 5.74) is 3.30. The minimum atomic E-state index is -3.70. The van der Waals surface area contributed by atoms with Crippen LogP contribution in [0.25, 0.3) is 11.0 Å². The molecule has 8 nitrogen and oxygen atoms in total. The van der Waals surface area contributed by atoms with Crippen molar-refractivity contribution in [3.63, 3.8) is 0 Å². The topological polar surface area (TPSA) is 95.7 Å².